The number of pyridine rings is 1. The molecule has 22 heavy (non-hydrogen) atoms. The summed E-state index contributed by atoms with van der Waals surface area (Å²) >= 11 is 0. The van der Waals surface area contributed by atoms with Crippen LogP contribution in [0.25, 0.3) is 11.3 Å². The summed E-state index contributed by atoms with van der Waals surface area (Å²) in [6.45, 7) is 1.43. The number of hydrogen-bond donors (Lipinski definition) is 0. The predicted octanol–water partition coefficient (Wildman–Crippen LogP) is 1.79. The van der Waals surface area contributed by atoms with Crippen molar-refractivity contribution in [2.75, 3.05) is 20.3 Å². The van der Waals surface area contributed by atoms with Gasteiger partial charge in [0, 0.05) is 50.5 Å². The molecule has 0 aromatic carbocycles. The molecule has 1 fully saturated rings. The van der Waals surface area contributed by atoms with Crippen LogP contribution in [-0.4, -0.2) is 52.1 Å². The first-order valence-electron chi connectivity index (χ1n) is 7.32. The summed E-state index contributed by atoms with van der Waals surface area (Å²) < 4.78 is 5.34. The molecule has 0 spiro atoms. The molecule has 0 unspecified atom stereocenters. The van der Waals surface area contributed by atoms with Crippen LogP contribution in [0, 0.1) is 0 Å². The summed E-state index contributed by atoms with van der Waals surface area (Å²) in [5, 5.41) is 0. The molecule has 1 amide bonds. The van der Waals surface area contributed by atoms with E-state index in [1.54, 1.807) is 29.6 Å². The molecular formula is C16H18N4O2. The fourth-order valence-corrected chi connectivity index (χ4v) is 2.56. The average molecular weight is 298 g/mol. The minimum absolute atomic E-state index is 0.00439. The van der Waals surface area contributed by atoms with E-state index in [4.69, 9.17) is 4.74 Å². The van der Waals surface area contributed by atoms with Crippen molar-refractivity contribution in [1.29, 1.82) is 0 Å². The highest BCUT2D eigenvalue weighted by Crippen LogP contribution is 2.18. The molecule has 3 rings (SSSR count). The number of nitrogens with zero attached hydrogens (tertiary/aromatic N) is 4. The summed E-state index contributed by atoms with van der Waals surface area (Å²) in [5.74, 6) is -0.00439. The molecule has 0 atom stereocenters. The van der Waals surface area contributed by atoms with Crippen molar-refractivity contribution < 1.29 is 9.53 Å². The topological polar surface area (TPSA) is 68.2 Å². The van der Waals surface area contributed by atoms with Gasteiger partial charge < -0.3 is 9.64 Å². The second kappa shape index (κ2) is 6.62. The third-order valence-electron chi connectivity index (χ3n) is 3.93. The maximum Gasteiger partial charge on any atom is 0.255 e. The van der Waals surface area contributed by atoms with Gasteiger partial charge in [-0.3, -0.25) is 9.78 Å². The van der Waals surface area contributed by atoms with Gasteiger partial charge in [-0.25, -0.2) is 9.97 Å². The molecule has 3 heterocycles. The van der Waals surface area contributed by atoms with Crippen LogP contribution in [0.5, 0.6) is 0 Å². The maximum absolute atomic E-state index is 12.5. The Balaban J connectivity index is 1.73. The zero-order valence-electron chi connectivity index (χ0n) is 12.5. The first kappa shape index (κ1) is 14.6. The summed E-state index contributed by atoms with van der Waals surface area (Å²) in [4.78, 5) is 26.6. The van der Waals surface area contributed by atoms with Crippen LogP contribution in [0.4, 0.5) is 0 Å². The van der Waals surface area contributed by atoms with Gasteiger partial charge in [0.1, 0.15) is 6.33 Å². The minimum atomic E-state index is -0.00439. The number of aromatic nitrogens is 3. The van der Waals surface area contributed by atoms with E-state index in [9.17, 15) is 4.79 Å². The Morgan fingerprint density at radius 2 is 1.91 bits per heavy atom. The number of carbonyl (C=O) groups is 1. The summed E-state index contributed by atoms with van der Waals surface area (Å²) in [6.07, 6.45) is 8.25. The van der Waals surface area contributed by atoms with E-state index in [2.05, 4.69) is 15.0 Å². The van der Waals surface area contributed by atoms with Crippen molar-refractivity contribution in [3.63, 3.8) is 0 Å². The van der Waals surface area contributed by atoms with Crippen molar-refractivity contribution in [3.8, 4) is 11.3 Å². The van der Waals surface area contributed by atoms with E-state index < -0.39 is 0 Å². The number of amides is 1. The molecule has 0 radical (unpaired) electrons. The smallest absolute Gasteiger partial charge is 0.255 e. The molecule has 1 aliphatic heterocycles. The summed E-state index contributed by atoms with van der Waals surface area (Å²) in [7, 11) is 1.84. The van der Waals surface area contributed by atoms with E-state index >= 15 is 0 Å². The fraction of sp³-hybridized carbons (Fsp3) is 0.375. The van der Waals surface area contributed by atoms with Gasteiger partial charge in [0.05, 0.1) is 11.3 Å². The third-order valence-corrected chi connectivity index (χ3v) is 3.93. The molecular weight excluding hydrogens is 280 g/mol. The maximum atomic E-state index is 12.5. The summed E-state index contributed by atoms with van der Waals surface area (Å²) in [5.41, 5.74) is 2.18. The van der Waals surface area contributed by atoms with E-state index in [0.717, 1.165) is 24.1 Å². The third kappa shape index (κ3) is 3.12. The van der Waals surface area contributed by atoms with Crippen molar-refractivity contribution >= 4 is 5.91 Å². The Kier molecular flexibility index (Phi) is 4.39. The molecule has 114 valence electrons. The lowest BCUT2D eigenvalue weighted by atomic mass is 10.1. The molecule has 1 aliphatic rings. The fourth-order valence-electron chi connectivity index (χ4n) is 2.56. The average Bonchev–Trinajstić information content (AvgIpc) is 2.62. The molecule has 0 bridgehead atoms. The van der Waals surface area contributed by atoms with Gasteiger partial charge in [0.25, 0.3) is 5.91 Å². The first-order valence-corrected chi connectivity index (χ1v) is 7.32. The van der Waals surface area contributed by atoms with Gasteiger partial charge in [-0.05, 0) is 25.0 Å². The Labute approximate surface area is 129 Å². The molecule has 0 saturated carbocycles. The Morgan fingerprint density at radius 1 is 1.18 bits per heavy atom. The number of hydrogen-bond acceptors (Lipinski definition) is 5. The zero-order chi connectivity index (χ0) is 15.4. The summed E-state index contributed by atoms with van der Waals surface area (Å²) in [6, 6.07) is 3.86. The van der Waals surface area contributed by atoms with E-state index in [-0.39, 0.29) is 11.9 Å². The van der Waals surface area contributed by atoms with Gasteiger partial charge in [-0.2, -0.15) is 0 Å². The van der Waals surface area contributed by atoms with E-state index in [1.807, 2.05) is 13.1 Å². The van der Waals surface area contributed by atoms with Crippen LogP contribution >= 0.6 is 0 Å². The normalized spacial score (nSPS) is 15.5. The van der Waals surface area contributed by atoms with Crippen molar-refractivity contribution in [2.24, 2.45) is 0 Å². The lowest BCUT2D eigenvalue weighted by Gasteiger charge is -2.31. The van der Waals surface area contributed by atoms with Crippen LogP contribution in [0.1, 0.15) is 23.2 Å². The standard InChI is InChI=1S/C16H18N4O2/c1-20(14-4-6-22-7-5-14)16(21)12-2-3-15(19-10-12)13-8-17-11-18-9-13/h2-3,8-11,14H,4-7H2,1H3. The Hall–Kier alpha value is -2.34. The van der Waals surface area contributed by atoms with Crippen LogP contribution < -0.4 is 0 Å². The molecule has 6 heteroatoms. The molecule has 0 aliphatic carbocycles. The van der Waals surface area contributed by atoms with Crippen molar-refractivity contribution in [2.45, 2.75) is 18.9 Å². The predicted molar refractivity (Wildman–Crippen MR) is 81.2 cm³/mol. The lowest BCUT2D eigenvalue weighted by Crippen LogP contribution is -2.40. The quantitative estimate of drug-likeness (QED) is 0.864. The second-order valence-corrected chi connectivity index (χ2v) is 5.32. The molecule has 6 nitrogen and oxygen atoms in total. The Morgan fingerprint density at radius 3 is 2.55 bits per heavy atom. The van der Waals surface area contributed by atoms with Crippen LogP contribution in [-0.2, 0) is 4.74 Å². The molecule has 2 aromatic heterocycles. The van der Waals surface area contributed by atoms with Crippen molar-refractivity contribution in [3.05, 3.63) is 42.6 Å². The highest BCUT2D eigenvalue weighted by Gasteiger charge is 2.23. The Bertz CT molecular complexity index is 624. The highest BCUT2D eigenvalue weighted by atomic mass is 16.5. The first-order chi connectivity index (χ1) is 10.8. The monoisotopic (exact) mass is 298 g/mol. The van der Waals surface area contributed by atoms with E-state index in [0.29, 0.717) is 18.8 Å². The second-order valence-electron chi connectivity index (χ2n) is 5.32. The molecule has 2 aromatic rings. The number of ether oxygens (including phenoxy) is 1. The largest absolute Gasteiger partial charge is 0.381 e. The number of rotatable bonds is 3. The zero-order valence-corrected chi connectivity index (χ0v) is 12.5. The van der Waals surface area contributed by atoms with Gasteiger partial charge in [0.15, 0.2) is 0 Å². The van der Waals surface area contributed by atoms with E-state index in [1.165, 1.54) is 6.33 Å². The van der Waals surface area contributed by atoms with Crippen molar-refractivity contribution in [1.82, 2.24) is 19.9 Å². The van der Waals surface area contributed by atoms with Crippen LogP contribution in [0.15, 0.2) is 37.1 Å². The van der Waals surface area contributed by atoms with Crippen LogP contribution in [0.3, 0.4) is 0 Å². The van der Waals surface area contributed by atoms with Crippen LogP contribution in [0.2, 0.25) is 0 Å². The lowest BCUT2D eigenvalue weighted by molar-refractivity contribution is 0.0362. The minimum Gasteiger partial charge on any atom is -0.381 e. The SMILES string of the molecule is CN(C(=O)c1ccc(-c2cncnc2)nc1)C1CCOCC1. The molecule has 1 saturated heterocycles. The molecule has 0 N–H and O–H groups in total. The number of carbonyl (C=O) groups excluding carboxylic acids is 1. The van der Waals surface area contributed by atoms with Gasteiger partial charge in [-0.1, -0.05) is 0 Å². The highest BCUT2D eigenvalue weighted by molar-refractivity contribution is 5.94. The van der Waals surface area contributed by atoms with Gasteiger partial charge in [0.2, 0.25) is 0 Å². The van der Waals surface area contributed by atoms with Gasteiger partial charge in [-0.15, -0.1) is 0 Å². The van der Waals surface area contributed by atoms with Gasteiger partial charge >= 0.3 is 0 Å².